The fraction of sp³-hybridized carbons (Fsp3) is 0.200. The molecule has 0 unspecified atom stereocenters. The molecular weight excluding hydrogens is 180 g/mol. The number of nitrogens with two attached hydrogens (primary N) is 1. The molecule has 1 aromatic rings. The van der Waals surface area contributed by atoms with Crippen molar-refractivity contribution in [2.24, 2.45) is 5.73 Å². The molecular formula is C10H12N2O2. The summed E-state index contributed by atoms with van der Waals surface area (Å²) in [5, 5.41) is 2.35. The molecule has 4 heteroatoms. The van der Waals surface area contributed by atoms with E-state index in [4.69, 9.17) is 5.73 Å². The zero-order valence-corrected chi connectivity index (χ0v) is 7.64. The lowest BCUT2D eigenvalue weighted by molar-refractivity contribution is -0.109. The number of aldehydes is 1. The fourth-order valence-electron chi connectivity index (χ4n) is 1.18. The first-order chi connectivity index (χ1) is 6.72. The summed E-state index contributed by atoms with van der Waals surface area (Å²) in [4.78, 5) is 21.1. The summed E-state index contributed by atoms with van der Waals surface area (Å²) >= 11 is 0. The van der Waals surface area contributed by atoms with Crippen LogP contribution in [0.3, 0.4) is 0 Å². The molecule has 0 saturated heterocycles. The number of rotatable bonds is 4. The molecule has 1 aromatic carbocycles. The van der Waals surface area contributed by atoms with E-state index in [9.17, 15) is 9.59 Å². The Morgan fingerprint density at radius 2 is 2.07 bits per heavy atom. The van der Waals surface area contributed by atoms with Crippen LogP contribution in [0.25, 0.3) is 0 Å². The minimum atomic E-state index is -0.682. The van der Waals surface area contributed by atoms with Crippen LogP contribution in [0, 0.1) is 0 Å². The molecule has 4 nitrogen and oxygen atoms in total. The predicted molar refractivity (Wildman–Crippen MR) is 52.7 cm³/mol. The van der Waals surface area contributed by atoms with Gasteiger partial charge < -0.3 is 15.8 Å². The molecule has 1 atom stereocenters. The average molecular weight is 192 g/mol. The summed E-state index contributed by atoms with van der Waals surface area (Å²) in [7, 11) is 0. The van der Waals surface area contributed by atoms with Gasteiger partial charge in [0.15, 0.2) is 0 Å². The fourth-order valence-corrected chi connectivity index (χ4v) is 1.18. The van der Waals surface area contributed by atoms with Gasteiger partial charge in [0.2, 0.25) is 0 Å². The van der Waals surface area contributed by atoms with Crippen LogP contribution >= 0.6 is 0 Å². The molecule has 3 N–H and O–H groups in total. The van der Waals surface area contributed by atoms with Crippen LogP contribution in [-0.2, 0) is 11.2 Å². The van der Waals surface area contributed by atoms with Gasteiger partial charge in [0.05, 0.1) is 6.04 Å². The molecule has 14 heavy (non-hydrogen) atoms. The molecule has 0 radical (unpaired) electrons. The first-order valence-corrected chi connectivity index (χ1v) is 4.27. The predicted octanol–water partition coefficient (Wildman–Crippen LogP) is 0.465. The van der Waals surface area contributed by atoms with E-state index in [0.29, 0.717) is 12.7 Å². The van der Waals surface area contributed by atoms with Crippen molar-refractivity contribution in [1.29, 1.82) is 0 Å². The minimum Gasteiger partial charge on any atom is -0.352 e. The van der Waals surface area contributed by atoms with Crippen LogP contribution in [0.1, 0.15) is 5.56 Å². The van der Waals surface area contributed by atoms with E-state index < -0.39 is 12.1 Å². The number of hydrogen-bond acceptors (Lipinski definition) is 2. The van der Waals surface area contributed by atoms with Gasteiger partial charge in [0.25, 0.3) is 0 Å². The maximum atomic E-state index is 10.6. The van der Waals surface area contributed by atoms with Gasteiger partial charge in [0, 0.05) is 0 Å². The number of hydrogen-bond donors (Lipinski definition) is 2. The molecule has 0 aromatic heterocycles. The molecule has 74 valence electrons. The standard InChI is InChI=1S/C10H12N2O2/c11-10(14)12-9(7-13)6-8-4-2-1-3-5-8/h1-5,7,9H,6H2,(H3,11,12,14)/t9-/m0/s1. The zero-order chi connectivity index (χ0) is 10.4. The molecule has 1 rings (SSSR count). The van der Waals surface area contributed by atoms with Crippen LogP contribution < -0.4 is 11.1 Å². The number of primary amides is 1. The number of carbonyl (C=O) groups excluding carboxylic acids is 2. The van der Waals surface area contributed by atoms with Gasteiger partial charge in [-0.25, -0.2) is 4.79 Å². The van der Waals surface area contributed by atoms with E-state index in [1.54, 1.807) is 0 Å². The van der Waals surface area contributed by atoms with E-state index in [-0.39, 0.29) is 0 Å². The second kappa shape index (κ2) is 5.01. The lowest BCUT2D eigenvalue weighted by Crippen LogP contribution is -2.40. The normalized spacial score (nSPS) is 11.7. The van der Waals surface area contributed by atoms with Crippen LogP contribution in [0.4, 0.5) is 4.79 Å². The lowest BCUT2D eigenvalue weighted by atomic mass is 10.1. The molecule has 0 aliphatic carbocycles. The summed E-state index contributed by atoms with van der Waals surface area (Å²) in [6.45, 7) is 0. The van der Waals surface area contributed by atoms with Crippen molar-refractivity contribution in [3.63, 3.8) is 0 Å². The Hall–Kier alpha value is -1.84. The topological polar surface area (TPSA) is 72.2 Å². The van der Waals surface area contributed by atoms with Gasteiger partial charge in [-0.3, -0.25) is 0 Å². The van der Waals surface area contributed by atoms with Crippen molar-refractivity contribution in [3.8, 4) is 0 Å². The number of carbonyl (C=O) groups is 2. The number of benzene rings is 1. The lowest BCUT2D eigenvalue weighted by Gasteiger charge is -2.10. The summed E-state index contributed by atoms with van der Waals surface area (Å²) in [5.74, 6) is 0. The van der Waals surface area contributed by atoms with Crippen molar-refractivity contribution in [1.82, 2.24) is 5.32 Å². The van der Waals surface area contributed by atoms with E-state index in [1.807, 2.05) is 30.3 Å². The van der Waals surface area contributed by atoms with Crippen molar-refractivity contribution in [3.05, 3.63) is 35.9 Å². The molecule has 0 saturated carbocycles. The highest BCUT2D eigenvalue weighted by atomic mass is 16.2. The Bertz CT molecular complexity index is 311. The van der Waals surface area contributed by atoms with Crippen LogP contribution in [-0.4, -0.2) is 18.4 Å². The minimum absolute atomic E-state index is 0.466. The van der Waals surface area contributed by atoms with E-state index >= 15 is 0 Å². The highest BCUT2D eigenvalue weighted by molar-refractivity contribution is 5.76. The van der Waals surface area contributed by atoms with E-state index in [1.165, 1.54) is 0 Å². The Labute approximate surface area is 82.1 Å². The Balaban J connectivity index is 2.57. The average Bonchev–Trinajstić information content (AvgIpc) is 2.17. The summed E-state index contributed by atoms with van der Waals surface area (Å²) in [6.07, 6.45) is 1.14. The molecule has 0 spiro atoms. The SMILES string of the molecule is NC(=O)N[C@H](C=O)Cc1ccccc1. The maximum Gasteiger partial charge on any atom is 0.312 e. The molecule has 0 aliphatic rings. The van der Waals surface area contributed by atoms with E-state index in [0.717, 1.165) is 5.56 Å². The third-order valence-corrected chi connectivity index (χ3v) is 1.79. The first kappa shape index (κ1) is 10.2. The number of amides is 2. The van der Waals surface area contributed by atoms with Gasteiger partial charge in [-0.1, -0.05) is 30.3 Å². The summed E-state index contributed by atoms with van der Waals surface area (Å²) in [6, 6.07) is 8.19. The zero-order valence-electron chi connectivity index (χ0n) is 7.64. The van der Waals surface area contributed by atoms with Crippen LogP contribution in [0.5, 0.6) is 0 Å². The van der Waals surface area contributed by atoms with Crippen LogP contribution in [0.2, 0.25) is 0 Å². The first-order valence-electron chi connectivity index (χ1n) is 4.27. The van der Waals surface area contributed by atoms with E-state index in [2.05, 4.69) is 5.32 Å². The molecule has 2 amide bonds. The molecule has 0 heterocycles. The molecule has 0 bridgehead atoms. The Morgan fingerprint density at radius 1 is 1.43 bits per heavy atom. The van der Waals surface area contributed by atoms with Gasteiger partial charge in [0.1, 0.15) is 6.29 Å². The van der Waals surface area contributed by atoms with Crippen molar-refractivity contribution < 1.29 is 9.59 Å². The second-order valence-corrected chi connectivity index (χ2v) is 2.94. The number of urea groups is 1. The second-order valence-electron chi connectivity index (χ2n) is 2.94. The smallest absolute Gasteiger partial charge is 0.312 e. The quantitative estimate of drug-likeness (QED) is 0.680. The highest BCUT2D eigenvalue weighted by Crippen LogP contribution is 2.01. The van der Waals surface area contributed by atoms with Crippen LogP contribution in [0.15, 0.2) is 30.3 Å². The number of nitrogens with one attached hydrogen (secondary N) is 1. The third-order valence-electron chi connectivity index (χ3n) is 1.79. The van der Waals surface area contributed by atoms with Crippen molar-refractivity contribution >= 4 is 12.3 Å². The van der Waals surface area contributed by atoms with Gasteiger partial charge >= 0.3 is 6.03 Å². The highest BCUT2D eigenvalue weighted by Gasteiger charge is 2.08. The monoisotopic (exact) mass is 192 g/mol. The summed E-state index contributed by atoms with van der Waals surface area (Å²) < 4.78 is 0. The maximum absolute atomic E-state index is 10.6. The molecule has 0 fully saturated rings. The van der Waals surface area contributed by atoms with Gasteiger partial charge in [-0.05, 0) is 12.0 Å². The van der Waals surface area contributed by atoms with Crippen molar-refractivity contribution in [2.45, 2.75) is 12.5 Å². The molecule has 0 aliphatic heterocycles. The summed E-state index contributed by atoms with van der Waals surface area (Å²) in [5.41, 5.74) is 5.90. The van der Waals surface area contributed by atoms with Gasteiger partial charge in [-0.15, -0.1) is 0 Å². The third kappa shape index (κ3) is 3.26. The Morgan fingerprint density at radius 3 is 2.57 bits per heavy atom. The largest absolute Gasteiger partial charge is 0.352 e. The Kier molecular flexibility index (Phi) is 3.67. The van der Waals surface area contributed by atoms with Crippen molar-refractivity contribution in [2.75, 3.05) is 0 Å². The van der Waals surface area contributed by atoms with Gasteiger partial charge in [-0.2, -0.15) is 0 Å².